The van der Waals surface area contributed by atoms with Gasteiger partial charge in [0.05, 0.1) is 6.10 Å². The first kappa shape index (κ1) is 11.4. The van der Waals surface area contributed by atoms with Crippen molar-refractivity contribution in [3.63, 3.8) is 0 Å². The van der Waals surface area contributed by atoms with Gasteiger partial charge in [-0.05, 0) is 24.3 Å². The molecule has 2 heteroatoms. The summed E-state index contributed by atoms with van der Waals surface area (Å²) < 4.78 is 0. The van der Waals surface area contributed by atoms with E-state index in [1.165, 1.54) is 18.4 Å². The van der Waals surface area contributed by atoms with E-state index in [4.69, 9.17) is 0 Å². The lowest BCUT2D eigenvalue weighted by Crippen LogP contribution is -2.28. The van der Waals surface area contributed by atoms with Crippen molar-refractivity contribution in [2.24, 2.45) is 5.92 Å². The third kappa shape index (κ3) is 3.80. The molecule has 1 aliphatic rings. The minimum atomic E-state index is -0.148. The van der Waals surface area contributed by atoms with Crippen LogP contribution in [0.5, 0.6) is 0 Å². The highest BCUT2D eigenvalue weighted by Gasteiger charge is 2.28. The molecule has 1 aromatic rings. The van der Waals surface area contributed by atoms with Gasteiger partial charge in [0.2, 0.25) is 0 Å². The van der Waals surface area contributed by atoms with Crippen molar-refractivity contribution in [2.75, 3.05) is 13.1 Å². The minimum absolute atomic E-state index is 0.148. The van der Waals surface area contributed by atoms with E-state index in [9.17, 15) is 5.11 Å². The summed E-state index contributed by atoms with van der Waals surface area (Å²) in [7, 11) is 0. The van der Waals surface area contributed by atoms with E-state index < -0.39 is 0 Å². The maximum Gasteiger partial charge on any atom is 0.0692 e. The van der Waals surface area contributed by atoms with Gasteiger partial charge < -0.3 is 10.4 Å². The normalized spacial score (nSPS) is 17.8. The molecule has 86 valence electrons. The first-order valence-electron chi connectivity index (χ1n) is 5.96. The third-order valence-corrected chi connectivity index (χ3v) is 2.89. The molecule has 1 saturated carbocycles. The lowest BCUT2D eigenvalue weighted by atomic mass is 10.2. The molecule has 1 unspecified atom stereocenters. The zero-order valence-corrected chi connectivity index (χ0v) is 9.47. The van der Waals surface area contributed by atoms with E-state index in [0.717, 1.165) is 6.54 Å². The second-order valence-electron chi connectivity index (χ2n) is 4.38. The molecule has 0 radical (unpaired) electrons. The van der Waals surface area contributed by atoms with Crippen LogP contribution in [0.15, 0.2) is 36.4 Å². The number of aliphatic hydroxyl groups is 1. The molecular formula is C14H19NO. The molecule has 1 fully saturated rings. The highest BCUT2D eigenvalue weighted by atomic mass is 16.3. The largest absolute Gasteiger partial charge is 0.392 e. The molecule has 0 aliphatic heterocycles. The van der Waals surface area contributed by atoms with E-state index in [1.807, 2.05) is 18.2 Å². The van der Waals surface area contributed by atoms with Crippen LogP contribution in [0.1, 0.15) is 18.4 Å². The molecule has 0 aromatic heterocycles. The van der Waals surface area contributed by atoms with Crippen molar-refractivity contribution in [3.8, 4) is 0 Å². The zero-order valence-electron chi connectivity index (χ0n) is 9.47. The van der Waals surface area contributed by atoms with Gasteiger partial charge >= 0.3 is 0 Å². The molecule has 0 spiro atoms. The maximum absolute atomic E-state index is 9.62. The van der Waals surface area contributed by atoms with Crippen molar-refractivity contribution in [1.82, 2.24) is 5.32 Å². The average Bonchev–Trinajstić information content (AvgIpc) is 3.13. The lowest BCUT2D eigenvalue weighted by molar-refractivity contribution is 0.150. The van der Waals surface area contributed by atoms with Crippen LogP contribution in [-0.4, -0.2) is 24.3 Å². The summed E-state index contributed by atoms with van der Waals surface area (Å²) in [5, 5.41) is 12.9. The fourth-order valence-corrected chi connectivity index (χ4v) is 1.72. The topological polar surface area (TPSA) is 32.3 Å². The molecule has 0 bridgehead atoms. The van der Waals surface area contributed by atoms with Gasteiger partial charge in [0.25, 0.3) is 0 Å². The molecule has 2 nitrogen and oxygen atoms in total. The van der Waals surface area contributed by atoms with Gasteiger partial charge in [-0.1, -0.05) is 42.5 Å². The number of hydrogen-bond acceptors (Lipinski definition) is 2. The molecule has 2 rings (SSSR count). The van der Waals surface area contributed by atoms with E-state index in [2.05, 4.69) is 29.6 Å². The Morgan fingerprint density at radius 1 is 1.31 bits per heavy atom. The van der Waals surface area contributed by atoms with Gasteiger partial charge in [0.1, 0.15) is 0 Å². The highest BCUT2D eigenvalue weighted by Crippen LogP contribution is 2.32. The van der Waals surface area contributed by atoms with E-state index in [1.54, 1.807) is 0 Å². The SMILES string of the molecule is OC(CNCC=Cc1ccccc1)C1CC1. The zero-order chi connectivity index (χ0) is 11.2. The molecule has 1 aliphatic carbocycles. The Kier molecular flexibility index (Phi) is 4.14. The van der Waals surface area contributed by atoms with Crippen molar-refractivity contribution in [3.05, 3.63) is 42.0 Å². The Morgan fingerprint density at radius 3 is 2.75 bits per heavy atom. The van der Waals surface area contributed by atoms with Gasteiger partial charge in [0, 0.05) is 13.1 Å². The van der Waals surface area contributed by atoms with Crippen LogP contribution in [0.4, 0.5) is 0 Å². The predicted molar refractivity (Wildman–Crippen MR) is 67.1 cm³/mol. The summed E-state index contributed by atoms with van der Waals surface area (Å²) in [6, 6.07) is 10.2. The van der Waals surface area contributed by atoms with Crippen LogP contribution >= 0.6 is 0 Å². The van der Waals surface area contributed by atoms with Crippen LogP contribution in [0.3, 0.4) is 0 Å². The lowest BCUT2D eigenvalue weighted by Gasteiger charge is -2.08. The highest BCUT2D eigenvalue weighted by molar-refractivity contribution is 5.48. The Hall–Kier alpha value is -1.12. The number of rotatable bonds is 6. The van der Waals surface area contributed by atoms with Crippen molar-refractivity contribution >= 4 is 6.08 Å². The third-order valence-electron chi connectivity index (χ3n) is 2.89. The van der Waals surface area contributed by atoms with E-state index in [0.29, 0.717) is 12.5 Å². The predicted octanol–water partition coefficient (Wildman–Crippen LogP) is 2.06. The Bertz CT molecular complexity index is 330. The summed E-state index contributed by atoms with van der Waals surface area (Å²) in [4.78, 5) is 0. The Balaban J connectivity index is 1.62. The smallest absolute Gasteiger partial charge is 0.0692 e. The van der Waals surface area contributed by atoms with Gasteiger partial charge in [0.15, 0.2) is 0 Å². The summed E-state index contributed by atoms with van der Waals surface area (Å²) in [6.07, 6.45) is 6.43. The van der Waals surface area contributed by atoms with Crippen molar-refractivity contribution in [2.45, 2.75) is 18.9 Å². The minimum Gasteiger partial charge on any atom is -0.392 e. The first-order valence-corrected chi connectivity index (χ1v) is 5.96. The van der Waals surface area contributed by atoms with Crippen LogP contribution in [0.2, 0.25) is 0 Å². The quantitative estimate of drug-likeness (QED) is 0.715. The Labute approximate surface area is 97.0 Å². The Morgan fingerprint density at radius 2 is 2.06 bits per heavy atom. The van der Waals surface area contributed by atoms with Gasteiger partial charge in [-0.25, -0.2) is 0 Å². The summed E-state index contributed by atoms with van der Waals surface area (Å²) in [6.45, 7) is 1.53. The van der Waals surface area contributed by atoms with Gasteiger partial charge in [-0.3, -0.25) is 0 Å². The molecular weight excluding hydrogens is 198 g/mol. The molecule has 0 amide bonds. The molecule has 1 atom stereocenters. The number of hydrogen-bond donors (Lipinski definition) is 2. The van der Waals surface area contributed by atoms with Crippen LogP contribution < -0.4 is 5.32 Å². The second kappa shape index (κ2) is 5.83. The first-order chi connectivity index (χ1) is 7.86. The van der Waals surface area contributed by atoms with E-state index >= 15 is 0 Å². The molecule has 1 aromatic carbocycles. The summed E-state index contributed by atoms with van der Waals surface area (Å²) in [5.41, 5.74) is 1.21. The molecule has 16 heavy (non-hydrogen) atoms. The number of nitrogens with one attached hydrogen (secondary N) is 1. The van der Waals surface area contributed by atoms with Gasteiger partial charge in [-0.2, -0.15) is 0 Å². The van der Waals surface area contributed by atoms with Crippen LogP contribution in [0, 0.1) is 5.92 Å². The monoisotopic (exact) mass is 217 g/mol. The second-order valence-corrected chi connectivity index (χ2v) is 4.38. The van der Waals surface area contributed by atoms with Crippen LogP contribution in [0.25, 0.3) is 6.08 Å². The maximum atomic E-state index is 9.62. The van der Waals surface area contributed by atoms with Crippen molar-refractivity contribution < 1.29 is 5.11 Å². The van der Waals surface area contributed by atoms with Crippen LogP contribution in [-0.2, 0) is 0 Å². The van der Waals surface area contributed by atoms with Crippen molar-refractivity contribution in [1.29, 1.82) is 0 Å². The fraction of sp³-hybridized carbons (Fsp3) is 0.429. The number of aliphatic hydroxyl groups excluding tert-OH is 1. The van der Waals surface area contributed by atoms with Gasteiger partial charge in [-0.15, -0.1) is 0 Å². The van der Waals surface area contributed by atoms with E-state index in [-0.39, 0.29) is 6.10 Å². The average molecular weight is 217 g/mol. The number of benzene rings is 1. The summed E-state index contributed by atoms with van der Waals surface area (Å²) >= 11 is 0. The summed E-state index contributed by atoms with van der Waals surface area (Å²) in [5.74, 6) is 0.561. The molecule has 0 heterocycles. The standard InChI is InChI=1S/C14H19NO/c16-14(13-8-9-13)11-15-10-4-7-12-5-2-1-3-6-12/h1-7,13-16H,8-11H2. The fourth-order valence-electron chi connectivity index (χ4n) is 1.72. The molecule has 2 N–H and O–H groups in total. The molecule has 0 saturated heterocycles.